The van der Waals surface area contributed by atoms with Crippen molar-refractivity contribution in [1.29, 1.82) is 0 Å². The molecule has 0 heterocycles. The second kappa shape index (κ2) is 17.8. The third-order valence-electron chi connectivity index (χ3n) is 1.15. The van der Waals surface area contributed by atoms with Gasteiger partial charge in [-0.2, -0.15) is 0 Å². The molecule has 0 aromatic heterocycles. The van der Waals surface area contributed by atoms with Crippen LogP contribution in [0.4, 0.5) is 0 Å². The Labute approximate surface area is 81.1 Å². The van der Waals surface area contributed by atoms with Gasteiger partial charge in [0.05, 0.1) is 26.4 Å². The summed E-state index contributed by atoms with van der Waals surface area (Å²) in [5.41, 5.74) is 0. The molecule has 0 aliphatic rings. The molecule has 4 nitrogen and oxygen atoms in total. The number of methoxy groups -OCH3 is 3. The first-order chi connectivity index (χ1) is 6.33. The van der Waals surface area contributed by atoms with Gasteiger partial charge in [0.2, 0.25) is 0 Å². The first-order valence-corrected chi connectivity index (χ1v) is 4.38. The number of rotatable bonds is 7. The fourth-order valence-corrected chi connectivity index (χ4v) is 0.387. The van der Waals surface area contributed by atoms with Crippen LogP contribution >= 0.6 is 0 Å². The Bertz CT molecular complexity index is 60.6. The van der Waals surface area contributed by atoms with Crippen LogP contribution < -0.4 is 0 Å². The van der Waals surface area contributed by atoms with Gasteiger partial charge < -0.3 is 18.9 Å². The fourth-order valence-electron chi connectivity index (χ4n) is 0.387. The van der Waals surface area contributed by atoms with Crippen LogP contribution in [-0.2, 0) is 18.9 Å². The summed E-state index contributed by atoms with van der Waals surface area (Å²) in [6.45, 7) is 5.40. The van der Waals surface area contributed by atoms with E-state index in [4.69, 9.17) is 14.2 Å². The van der Waals surface area contributed by atoms with Crippen molar-refractivity contribution in [3.8, 4) is 0 Å². The predicted molar refractivity (Wildman–Crippen MR) is 52.1 cm³/mol. The zero-order valence-electron chi connectivity index (χ0n) is 9.17. The van der Waals surface area contributed by atoms with Crippen molar-refractivity contribution >= 4 is 0 Å². The maximum Gasteiger partial charge on any atom is 0.0701 e. The smallest absolute Gasteiger partial charge is 0.0701 e. The first kappa shape index (κ1) is 15.3. The highest BCUT2D eigenvalue weighted by Gasteiger charge is 1.84. The van der Waals surface area contributed by atoms with Crippen molar-refractivity contribution in [3.63, 3.8) is 0 Å². The van der Waals surface area contributed by atoms with Gasteiger partial charge in [-0.25, -0.2) is 0 Å². The van der Waals surface area contributed by atoms with E-state index in [0.717, 1.165) is 6.61 Å². The molecule has 0 fully saturated rings. The average Bonchev–Trinajstić information content (AvgIpc) is 2.18. The van der Waals surface area contributed by atoms with Gasteiger partial charge in [0, 0.05) is 27.9 Å². The molecule has 0 aromatic rings. The van der Waals surface area contributed by atoms with Gasteiger partial charge in [-0.3, -0.25) is 0 Å². The van der Waals surface area contributed by atoms with E-state index in [1.165, 1.54) is 0 Å². The minimum absolute atomic E-state index is 0.653. The standard InChI is InChI=1S/C6H14O3.C3H8O/c1-7-3-5-9-6-4-8-2;1-3-4-2/h3-6H2,1-2H3;3H2,1-2H3. The Kier molecular flexibility index (Phi) is 21.0. The summed E-state index contributed by atoms with van der Waals surface area (Å²) in [6.07, 6.45) is 0. The summed E-state index contributed by atoms with van der Waals surface area (Å²) in [4.78, 5) is 0. The molecule has 82 valence electrons. The third kappa shape index (κ3) is 24.5. The normalized spacial score (nSPS) is 9.23. The molecule has 0 bridgehead atoms. The molecular weight excluding hydrogens is 172 g/mol. The molecule has 0 saturated heterocycles. The molecule has 0 aliphatic heterocycles. The lowest BCUT2D eigenvalue weighted by molar-refractivity contribution is 0.0385. The van der Waals surface area contributed by atoms with Crippen molar-refractivity contribution in [1.82, 2.24) is 0 Å². The van der Waals surface area contributed by atoms with Crippen LogP contribution in [0.5, 0.6) is 0 Å². The van der Waals surface area contributed by atoms with Gasteiger partial charge in [0.25, 0.3) is 0 Å². The summed E-state index contributed by atoms with van der Waals surface area (Å²) in [5, 5.41) is 0. The summed E-state index contributed by atoms with van der Waals surface area (Å²) in [6, 6.07) is 0. The minimum Gasteiger partial charge on any atom is -0.385 e. The lowest BCUT2D eigenvalue weighted by Gasteiger charge is -2.00. The molecule has 0 radical (unpaired) electrons. The number of hydrogen-bond acceptors (Lipinski definition) is 4. The van der Waals surface area contributed by atoms with E-state index in [9.17, 15) is 0 Å². The van der Waals surface area contributed by atoms with Crippen LogP contribution in [0.1, 0.15) is 6.92 Å². The second-order valence-corrected chi connectivity index (χ2v) is 2.18. The molecule has 0 N–H and O–H groups in total. The van der Waals surface area contributed by atoms with E-state index in [2.05, 4.69) is 4.74 Å². The highest BCUT2D eigenvalue weighted by Crippen LogP contribution is 1.75. The quantitative estimate of drug-likeness (QED) is 0.565. The topological polar surface area (TPSA) is 36.9 Å². The van der Waals surface area contributed by atoms with Gasteiger partial charge in [-0.05, 0) is 6.92 Å². The van der Waals surface area contributed by atoms with Crippen molar-refractivity contribution in [3.05, 3.63) is 0 Å². The highest BCUT2D eigenvalue weighted by molar-refractivity contribution is 4.28. The number of hydrogen-bond donors (Lipinski definition) is 0. The Hall–Kier alpha value is -0.160. The second-order valence-electron chi connectivity index (χ2n) is 2.18. The molecule has 4 heteroatoms. The highest BCUT2D eigenvalue weighted by atomic mass is 16.5. The molecule has 0 atom stereocenters. The van der Waals surface area contributed by atoms with Crippen LogP contribution in [0, 0.1) is 0 Å². The summed E-state index contributed by atoms with van der Waals surface area (Å²) < 4.78 is 19.1. The average molecular weight is 194 g/mol. The Morgan fingerprint density at radius 2 is 1.08 bits per heavy atom. The maximum absolute atomic E-state index is 5.06. The monoisotopic (exact) mass is 194 g/mol. The molecule has 0 amide bonds. The van der Waals surface area contributed by atoms with Crippen LogP contribution in [0.25, 0.3) is 0 Å². The minimum atomic E-state index is 0.653. The lowest BCUT2D eigenvalue weighted by atomic mass is 10.7. The van der Waals surface area contributed by atoms with Gasteiger partial charge in [0.15, 0.2) is 0 Å². The third-order valence-corrected chi connectivity index (χ3v) is 1.15. The summed E-state index contributed by atoms with van der Waals surface area (Å²) >= 11 is 0. The summed E-state index contributed by atoms with van der Waals surface area (Å²) in [7, 11) is 4.99. The van der Waals surface area contributed by atoms with Crippen LogP contribution in [0.2, 0.25) is 0 Å². The van der Waals surface area contributed by atoms with Gasteiger partial charge >= 0.3 is 0 Å². The largest absolute Gasteiger partial charge is 0.385 e. The van der Waals surface area contributed by atoms with E-state index in [0.29, 0.717) is 26.4 Å². The van der Waals surface area contributed by atoms with E-state index in [-0.39, 0.29) is 0 Å². The zero-order valence-corrected chi connectivity index (χ0v) is 9.17. The Balaban J connectivity index is 0. The predicted octanol–water partition coefficient (Wildman–Crippen LogP) is 0.948. The van der Waals surface area contributed by atoms with Crippen LogP contribution in [-0.4, -0.2) is 54.4 Å². The summed E-state index contributed by atoms with van der Waals surface area (Å²) in [5.74, 6) is 0. The fraction of sp³-hybridized carbons (Fsp3) is 1.00. The van der Waals surface area contributed by atoms with E-state index < -0.39 is 0 Å². The van der Waals surface area contributed by atoms with Crippen molar-refractivity contribution < 1.29 is 18.9 Å². The van der Waals surface area contributed by atoms with E-state index >= 15 is 0 Å². The lowest BCUT2D eigenvalue weighted by Crippen LogP contribution is -2.06. The van der Waals surface area contributed by atoms with Crippen LogP contribution in [0.3, 0.4) is 0 Å². The molecule has 0 aliphatic carbocycles. The van der Waals surface area contributed by atoms with E-state index in [1.807, 2.05) is 6.92 Å². The molecule has 0 aromatic carbocycles. The molecule has 0 rings (SSSR count). The van der Waals surface area contributed by atoms with Gasteiger partial charge in [0.1, 0.15) is 0 Å². The van der Waals surface area contributed by atoms with E-state index in [1.54, 1.807) is 21.3 Å². The zero-order chi connectivity index (χ0) is 10.4. The van der Waals surface area contributed by atoms with Gasteiger partial charge in [-0.1, -0.05) is 0 Å². The molecule has 0 spiro atoms. The molecule has 13 heavy (non-hydrogen) atoms. The van der Waals surface area contributed by atoms with Gasteiger partial charge in [-0.15, -0.1) is 0 Å². The van der Waals surface area contributed by atoms with Crippen LogP contribution in [0.15, 0.2) is 0 Å². The van der Waals surface area contributed by atoms with Crippen molar-refractivity contribution in [2.24, 2.45) is 0 Å². The van der Waals surface area contributed by atoms with Crippen molar-refractivity contribution in [2.45, 2.75) is 6.92 Å². The molecule has 0 saturated carbocycles. The maximum atomic E-state index is 5.06. The SMILES string of the molecule is CCOC.COCCOCCOC. The number of ether oxygens (including phenoxy) is 4. The molecule has 0 unspecified atom stereocenters. The Morgan fingerprint density at radius 3 is 1.31 bits per heavy atom. The van der Waals surface area contributed by atoms with Crippen molar-refractivity contribution in [2.75, 3.05) is 54.4 Å². The molecular formula is C9H22O4. The first-order valence-electron chi connectivity index (χ1n) is 4.38. The Morgan fingerprint density at radius 1 is 0.692 bits per heavy atom.